The molecular weight excluding hydrogens is 338 g/mol. The van der Waals surface area contributed by atoms with Crippen molar-refractivity contribution in [3.63, 3.8) is 0 Å². The monoisotopic (exact) mass is 351 g/mol. The Hall–Kier alpha value is -2.71. The first kappa shape index (κ1) is 15.8. The van der Waals surface area contributed by atoms with E-state index in [1.807, 2.05) is 0 Å². The van der Waals surface area contributed by atoms with Gasteiger partial charge in [-0.25, -0.2) is 19.3 Å². The van der Waals surface area contributed by atoms with Crippen molar-refractivity contribution in [3.8, 4) is 0 Å². The predicted molar refractivity (Wildman–Crippen MR) is 82.2 cm³/mol. The van der Waals surface area contributed by atoms with Crippen molar-refractivity contribution >= 4 is 17.1 Å². The van der Waals surface area contributed by atoms with E-state index in [4.69, 9.17) is 5.73 Å². The predicted octanol–water partition coefficient (Wildman–Crippen LogP) is 3.49. The van der Waals surface area contributed by atoms with E-state index in [0.717, 1.165) is 12.8 Å². The van der Waals surface area contributed by atoms with Crippen LogP contribution in [0.15, 0.2) is 24.3 Å². The molecule has 0 unspecified atom stereocenters. The van der Waals surface area contributed by atoms with Crippen molar-refractivity contribution in [2.45, 2.75) is 31.5 Å². The van der Waals surface area contributed by atoms with E-state index in [-0.39, 0.29) is 40.8 Å². The van der Waals surface area contributed by atoms with Gasteiger partial charge in [-0.2, -0.15) is 13.2 Å². The number of nitrogens with zero attached hydrogens (tertiary/aromatic N) is 4. The average Bonchev–Trinajstić information content (AvgIpc) is 3.33. The molecule has 0 bridgehead atoms. The minimum Gasteiger partial charge on any atom is -0.369 e. The van der Waals surface area contributed by atoms with Gasteiger partial charge in [-0.05, 0) is 18.9 Å². The van der Waals surface area contributed by atoms with Crippen LogP contribution < -0.4 is 5.73 Å². The summed E-state index contributed by atoms with van der Waals surface area (Å²) in [7, 11) is 0. The highest BCUT2D eigenvalue weighted by Gasteiger charge is 2.39. The normalized spacial score (nSPS) is 15.0. The quantitative estimate of drug-likeness (QED) is 0.734. The molecule has 130 valence electrons. The second-order valence-corrected chi connectivity index (χ2v) is 6.02. The molecule has 3 aromatic rings. The highest BCUT2D eigenvalue weighted by molar-refractivity contribution is 5.78. The summed E-state index contributed by atoms with van der Waals surface area (Å²) >= 11 is 0. The molecule has 0 saturated heterocycles. The van der Waals surface area contributed by atoms with Gasteiger partial charge in [0.05, 0.1) is 12.2 Å². The highest BCUT2D eigenvalue weighted by Crippen LogP contribution is 2.43. The van der Waals surface area contributed by atoms with E-state index in [0.29, 0.717) is 0 Å². The molecule has 0 atom stereocenters. The number of hydrogen-bond donors (Lipinski definition) is 1. The molecule has 2 N–H and O–H groups in total. The second-order valence-electron chi connectivity index (χ2n) is 6.02. The van der Waals surface area contributed by atoms with E-state index in [1.54, 1.807) is 6.07 Å². The number of imidazole rings is 1. The first-order valence-corrected chi connectivity index (χ1v) is 7.69. The second kappa shape index (κ2) is 5.40. The van der Waals surface area contributed by atoms with Gasteiger partial charge in [0, 0.05) is 11.5 Å². The van der Waals surface area contributed by atoms with Crippen molar-refractivity contribution in [1.29, 1.82) is 0 Å². The molecule has 0 aliphatic heterocycles. The standard InChI is InChI=1S/C16H13F4N5/c17-10-4-2-1-3-9(10)7-25-13-12(23-15(25)21)11(8-5-6-8)22-14(24-13)16(18,19)20/h1-4,8H,5-7H2,(H2,21,23). The zero-order valence-corrected chi connectivity index (χ0v) is 12.9. The van der Waals surface area contributed by atoms with Gasteiger partial charge in [0.15, 0.2) is 5.65 Å². The molecule has 0 amide bonds. The van der Waals surface area contributed by atoms with Crippen molar-refractivity contribution in [2.75, 3.05) is 5.73 Å². The fraction of sp³-hybridized carbons (Fsp3) is 0.312. The molecule has 5 nitrogen and oxygen atoms in total. The number of anilines is 1. The van der Waals surface area contributed by atoms with Crippen molar-refractivity contribution < 1.29 is 17.6 Å². The number of benzene rings is 1. The van der Waals surface area contributed by atoms with Crippen molar-refractivity contribution in [3.05, 3.63) is 47.2 Å². The summed E-state index contributed by atoms with van der Waals surface area (Å²) in [5.74, 6) is -1.79. The Bertz CT molecular complexity index is 959. The Morgan fingerprint density at radius 1 is 1.12 bits per heavy atom. The van der Waals surface area contributed by atoms with Crippen LogP contribution in [-0.2, 0) is 12.7 Å². The third-order valence-corrected chi connectivity index (χ3v) is 4.16. The molecule has 1 fully saturated rings. The van der Waals surface area contributed by atoms with Crippen LogP contribution in [0.1, 0.15) is 35.8 Å². The maximum Gasteiger partial charge on any atom is 0.451 e. The smallest absolute Gasteiger partial charge is 0.369 e. The van der Waals surface area contributed by atoms with Gasteiger partial charge in [-0.15, -0.1) is 0 Å². The number of nitrogens with two attached hydrogens (primary N) is 1. The number of hydrogen-bond acceptors (Lipinski definition) is 4. The zero-order valence-electron chi connectivity index (χ0n) is 12.9. The van der Waals surface area contributed by atoms with Crippen molar-refractivity contribution in [2.24, 2.45) is 0 Å². The van der Waals surface area contributed by atoms with Gasteiger partial charge in [-0.1, -0.05) is 18.2 Å². The summed E-state index contributed by atoms with van der Waals surface area (Å²) in [5.41, 5.74) is 6.66. The van der Waals surface area contributed by atoms with E-state index in [9.17, 15) is 17.6 Å². The minimum absolute atomic E-state index is 0.0197. The first-order valence-electron chi connectivity index (χ1n) is 7.69. The van der Waals surface area contributed by atoms with Gasteiger partial charge in [0.1, 0.15) is 11.3 Å². The fourth-order valence-corrected chi connectivity index (χ4v) is 2.76. The number of halogens is 4. The van der Waals surface area contributed by atoms with E-state index in [2.05, 4.69) is 15.0 Å². The Morgan fingerprint density at radius 2 is 1.84 bits per heavy atom. The average molecular weight is 351 g/mol. The lowest BCUT2D eigenvalue weighted by molar-refractivity contribution is -0.144. The van der Waals surface area contributed by atoms with Crippen LogP contribution in [0, 0.1) is 5.82 Å². The molecule has 4 rings (SSSR count). The largest absolute Gasteiger partial charge is 0.451 e. The van der Waals surface area contributed by atoms with Crippen LogP contribution in [0.3, 0.4) is 0 Å². The Labute approximate surface area is 139 Å². The van der Waals surface area contributed by atoms with Gasteiger partial charge in [-0.3, -0.25) is 4.57 Å². The molecule has 9 heteroatoms. The summed E-state index contributed by atoms with van der Waals surface area (Å²) in [5, 5.41) is 0. The third-order valence-electron chi connectivity index (χ3n) is 4.16. The van der Waals surface area contributed by atoms with Gasteiger partial charge in [0.2, 0.25) is 11.8 Å². The molecule has 2 heterocycles. The molecule has 0 radical (unpaired) electrons. The summed E-state index contributed by atoms with van der Waals surface area (Å²) in [6, 6.07) is 5.98. The molecule has 25 heavy (non-hydrogen) atoms. The van der Waals surface area contributed by atoms with Gasteiger partial charge >= 0.3 is 6.18 Å². The summed E-state index contributed by atoms with van der Waals surface area (Å²) in [4.78, 5) is 11.4. The highest BCUT2D eigenvalue weighted by atomic mass is 19.4. The molecular formula is C16H13F4N5. The first-order chi connectivity index (χ1) is 11.8. The van der Waals surface area contributed by atoms with Gasteiger partial charge in [0.25, 0.3) is 0 Å². The number of fused-ring (bicyclic) bond motifs is 1. The van der Waals surface area contributed by atoms with Crippen LogP contribution in [0.4, 0.5) is 23.5 Å². The lowest BCUT2D eigenvalue weighted by atomic mass is 10.2. The molecule has 1 aromatic carbocycles. The van der Waals surface area contributed by atoms with Gasteiger partial charge < -0.3 is 5.73 Å². The van der Waals surface area contributed by atoms with E-state index < -0.39 is 17.8 Å². The maximum atomic E-state index is 13.9. The number of rotatable bonds is 3. The Balaban J connectivity index is 1.91. The number of aromatic nitrogens is 4. The molecule has 1 saturated carbocycles. The number of alkyl halides is 3. The van der Waals surface area contributed by atoms with Crippen LogP contribution in [0.2, 0.25) is 0 Å². The van der Waals surface area contributed by atoms with E-state index in [1.165, 1.54) is 22.8 Å². The van der Waals surface area contributed by atoms with Crippen molar-refractivity contribution in [1.82, 2.24) is 19.5 Å². The molecule has 0 spiro atoms. The Morgan fingerprint density at radius 3 is 2.48 bits per heavy atom. The number of nitrogen functional groups attached to an aromatic ring is 1. The zero-order chi connectivity index (χ0) is 17.8. The fourth-order valence-electron chi connectivity index (χ4n) is 2.76. The van der Waals surface area contributed by atoms with Crippen LogP contribution in [0.25, 0.3) is 11.2 Å². The van der Waals surface area contributed by atoms with E-state index >= 15 is 0 Å². The summed E-state index contributed by atoms with van der Waals surface area (Å²) in [6.07, 6.45) is -3.17. The maximum absolute atomic E-state index is 13.9. The van der Waals surface area contributed by atoms with Crippen LogP contribution in [-0.4, -0.2) is 19.5 Å². The minimum atomic E-state index is -4.68. The molecule has 1 aliphatic rings. The Kier molecular flexibility index (Phi) is 3.41. The SMILES string of the molecule is Nc1nc2c(C3CC3)nc(C(F)(F)F)nc2n1Cc1ccccc1F. The molecule has 1 aliphatic carbocycles. The lowest BCUT2D eigenvalue weighted by Gasteiger charge is -2.10. The summed E-state index contributed by atoms with van der Waals surface area (Å²) in [6.45, 7) is -0.0621. The topological polar surface area (TPSA) is 69.6 Å². The third kappa shape index (κ3) is 2.79. The summed E-state index contributed by atoms with van der Waals surface area (Å²) < 4.78 is 54.7. The lowest BCUT2D eigenvalue weighted by Crippen LogP contribution is -2.14. The van der Waals surface area contributed by atoms with Crippen LogP contribution >= 0.6 is 0 Å². The van der Waals surface area contributed by atoms with Crippen LogP contribution in [0.5, 0.6) is 0 Å². The molecule has 2 aromatic heterocycles.